The molecule has 6 nitrogen and oxygen atoms in total. The van der Waals surface area contributed by atoms with Crippen LogP contribution in [-0.4, -0.2) is 38.7 Å². The van der Waals surface area contributed by atoms with Crippen molar-refractivity contribution in [3.05, 3.63) is 36.4 Å². The molecule has 2 aromatic heterocycles. The molecular formula is C19H24N4O2. The average molecular weight is 340 g/mol. The molecule has 1 atom stereocenters. The van der Waals surface area contributed by atoms with E-state index >= 15 is 0 Å². The standard InChI is InChI=1S/C19H24N4O2/c24-18-10-14(13-23(18)15-6-2-1-3-7-15)19(25)21-12-17-20-11-16-8-4-5-9-22(16)17/h4-5,8-9,11,14-15H,1-3,6-7,10,12-13H2,(H,21,25). The minimum atomic E-state index is -0.236. The van der Waals surface area contributed by atoms with E-state index in [1.165, 1.54) is 19.3 Å². The molecule has 1 aliphatic heterocycles. The molecule has 132 valence electrons. The van der Waals surface area contributed by atoms with Gasteiger partial charge >= 0.3 is 0 Å². The van der Waals surface area contributed by atoms with Crippen molar-refractivity contribution >= 4 is 17.3 Å². The Morgan fingerprint density at radius 2 is 2.08 bits per heavy atom. The van der Waals surface area contributed by atoms with Crippen LogP contribution in [0.15, 0.2) is 30.6 Å². The zero-order valence-corrected chi connectivity index (χ0v) is 14.4. The number of carbonyl (C=O) groups excluding carboxylic acids is 2. The highest BCUT2D eigenvalue weighted by Crippen LogP contribution is 2.28. The number of nitrogens with one attached hydrogen (secondary N) is 1. The quantitative estimate of drug-likeness (QED) is 0.927. The molecule has 1 aliphatic carbocycles. The Hall–Kier alpha value is -2.37. The van der Waals surface area contributed by atoms with E-state index in [1.807, 2.05) is 33.7 Å². The number of nitrogens with zero attached hydrogens (tertiary/aromatic N) is 3. The Morgan fingerprint density at radius 3 is 2.92 bits per heavy atom. The third-order valence-electron chi connectivity index (χ3n) is 5.48. The SMILES string of the molecule is O=C(NCc1ncc2ccccn12)C1CC(=O)N(C2CCCCC2)C1. The van der Waals surface area contributed by atoms with Crippen LogP contribution in [0.5, 0.6) is 0 Å². The van der Waals surface area contributed by atoms with E-state index < -0.39 is 0 Å². The van der Waals surface area contributed by atoms with E-state index in [1.54, 1.807) is 6.20 Å². The molecule has 2 fully saturated rings. The lowest BCUT2D eigenvalue weighted by molar-refractivity contribution is -0.130. The predicted molar refractivity (Wildman–Crippen MR) is 93.7 cm³/mol. The van der Waals surface area contributed by atoms with Crippen LogP contribution in [0.2, 0.25) is 0 Å². The van der Waals surface area contributed by atoms with E-state index in [4.69, 9.17) is 0 Å². The molecule has 1 unspecified atom stereocenters. The summed E-state index contributed by atoms with van der Waals surface area (Å²) in [5.74, 6) is 0.663. The number of carbonyl (C=O) groups is 2. The Labute approximate surface area is 147 Å². The second-order valence-corrected chi connectivity index (χ2v) is 7.13. The fourth-order valence-electron chi connectivity index (χ4n) is 4.09. The van der Waals surface area contributed by atoms with Crippen molar-refractivity contribution in [3.8, 4) is 0 Å². The van der Waals surface area contributed by atoms with E-state index in [0.29, 0.717) is 25.6 Å². The maximum atomic E-state index is 12.5. The zero-order valence-electron chi connectivity index (χ0n) is 14.4. The summed E-state index contributed by atoms with van der Waals surface area (Å²) in [6.07, 6.45) is 9.89. The molecule has 0 spiro atoms. The molecule has 1 N–H and O–H groups in total. The van der Waals surface area contributed by atoms with Gasteiger partial charge in [-0.25, -0.2) is 4.98 Å². The van der Waals surface area contributed by atoms with Gasteiger partial charge in [0.2, 0.25) is 11.8 Å². The van der Waals surface area contributed by atoms with E-state index in [-0.39, 0.29) is 17.7 Å². The van der Waals surface area contributed by atoms with Gasteiger partial charge in [-0.3, -0.25) is 9.59 Å². The van der Waals surface area contributed by atoms with E-state index in [9.17, 15) is 9.59 Å². The van der Waals surface area contributed by atoms with Gasteiger partial charge in [-0.2, -0.15) is 0 Å². The van der Waals surface area contributed by atoms with Crippen LogP contribution in [-0.2, 0) is 16.1 Å². The minimum Gasteiger partial charge on any atom is -0.349 e. The summed E-state index contributed by atoms with van der Waals surface area (Å²) in [6, 6.07) is 6.23. The van der Waals surface area contributed by atoms with Crippen LogP contribution < -0.4 is 5.32 Å². The van der Waals surface area contributed by atoms with Crippen molar-refractivity contribution in [1.29, 1.82) is 0 Å². The third kappa shape index (κ3) is 3.25. The van der Waals surface area contributed by atoms with Crippen molar-refractivity contribution in [2.75, 3.05) is 6.54 Å². The lowest BCUT2D eigenvalue weighted by atomic mass is 9.94. The summed E-state index contributed by atoms with van der Waals surface area (Å²) in [7, 11) is 0. The van der Waals surface area contributed by atoms with Crippen molar-refractivity contribution < 1.29 is 9.59 Å². The first-order chi connectivity index (χ1) is 12.2. The van der Waals surface area contributed by atoms with Gasteiger partial charge in [0, 0.05) is 25.2 Å². The summed E-state index contributed by atoms with van der Waals surface area (Å²) < 4.78 is 1.97. The zero-order chi connectivity index (χ0) is 17.2. The number of imidazole rings is 1. The van der Waals surface area contributed by atoms with E-state index in [2.05, 4.69) is 10.3 Å². The Bertz CT molecular complexity index is 779. The highest BCUT2D eigenvalue weighted by atomic mass is 16.2. The highest BCUT2D eigenvalue weighted by Gasteiger charge is 2.38. The van der Waals surface area contributed by atoms with Crippen LogP contribution in [0.3, 0.4) is 0 Å². The van der Waals surface area contributed by atoms with Gasteiger partial charge in [-0.1, -0.05) is 25.3 Å². The van der Waals surface area contributed by atoms with Gasteiger partial charge in [-0.05, 0) is 25.0 Å². The molecule has 6 heteroatoms. The molecular weight excluding hydrogens is 316 g/mol. The predicted octanol–water partition coefficient (Wildman–Crippen LogP) is 2.13. The first-order valence-corrected chi connectivity index (χ1v) is 9.20. The van der Waals surface area contributed by atoms with Crippen molar-refractivity contribution in [3.63, 3.8) is 0 Å². The maximum Gasteiger partial charge on any atom is 0.225 e. The highest BCUT2D eigenvalue weighted by molar-refractivity contribution is 5.89. The lowest BCUT2D eigenvalue weighted by Crippen LogP contribution is -2.39. The largest absolute Gasteiger partial charge is 0.349 e. The number of aromatic nitrogens is 2. The molecule has 2 aromatic rings. The first-order valence-electron chi connectivity index (χ1n) is 9.20. The summed E-state index contributed by atoms with van der Waals surface area (Å²) >= 11 is 0. The lowest BCUT2D eigenvalue weighted by Gasteiger charge is -2.31. The molecule has 2 amide bonds. The Kier molecular flexibility index (Phi) is 4.42. The number of amides is 2. The molecule has 0 radical (unpaired) electrons. The summed E-state index contributed by atoms with van der Waals surface area (Å²) in [6.45, 7) is 0.947. The molecule has 0 bridgehead atoms. The fraction of sp³-hybridized carbons (Fsp3) is 0.526. The van der Waals surface area contributed by atoms with Crippen molar-refractivity contribution in [2.24, 2.45) is 5.92 Å². The second-order valence-electron chi connectivity index (χ2n) is 7.13. The molecule has 2 aliphatic rings. The topological polar surface area (TPSA) is 66.7 Å². The molecule has 1 saturated heterocycles. The summed E-state index contributed by atoms with van der Waals surface area (Å²) in [5, 5.41) is 2.96. The Balaban J connectivity index is 1.36. The van der Waals surface area contributed by atoms with Crippen LogP contribution in [0.4, 0.5) is 0 Å². The average Bonchev–Trinajstić information content (AvgIpc) is 3.24. The molecule has 3 heterocycles. The van der Waals surface area contributed by atoms with Crippen LogP contribution in [0, 0.1) is 5.92 Å². The van der Waals surface area contributed by atoms with Gasteiger partial charge in [0.1, 0.15) is 5.82 Å². The summed E-state index contributed by atoms with van der Waals surface area (Å²) in [5.41, 5.74) is 1.01. The van der Waals surface area contributed by atoms with Gasteiger partial charge in [0.05, 0.1) is 24.2 Å². The van der Waals surface area contributed by atoms with Gasteiger partial charge in [0.15, 0.2) is 0 Å². The molecule has 25 heavy (non-hydrogen) atoms. The number of fused-ring (bicyclic) bond motifs is 1. The first kappa shape index (κ1) is 16.1. The number of hydrogen-bond donors (Lipinski definition) is 1. The van der Waals surface area contributed by atoms with Crippen LogP contribution >= 0.6 is 0 Å². The third-order valence-corrected chi connectivity index (χ3v) is 5.48. The number of pyridine rings is 1. The van der Waals surface area contributed by atoms with Gasteiger partial charge < -0.3 is 14.6 Å². The monoisotopic (exact) mass is 340 g/mol. The van der Waals surface area contributed by atoms with Crippen molar-refractivity contribution in [2.45, 2.75) is 51.1 Å². The fourth-order valence-corrected chi connectivity index (χ4v) is 4.09. The number of likely N-dealkylation sites (tertiary alicyclic amines) is 1. The van der Waals surface area contributed by atoms with Crippen LogP contribution in [0.25, 0.3) is 5.52 Å². The van der Waals surface area contributed by atoms with Crippen molar-refractivity contribution in [1.82, 2.24) is 19.6 Å². The molecule has 0 aromatic carbocycles. The maximum absolute atomic E-state index is 12.5. The number of rotatable bonds is 4. The normalized spacial score (nSPS) is 21.8. The van der Waals surface area contributed by atoms with Crippen LogP contribution in [0.1, 0.15) is 44.3 Å². The summed E-state index contributed by atoms with van der Waals surface area (Å²) in [4.78, 5) is 31.2. The van der Waals surface area contributed by atoms with Gasteiger partial charge in [-0.15, -0.1) is 0 Å². The smallest absolute Gasteiger partial charge is 0.225 e. The second kappa shape index (κ2) is 6.86. The van der Waals surface area contributed by atoms with E-state index in [0.717, 1.165) is 24.2 Å². The van der Waals surface area contributed by atoms with Gasteiger partial charge in [0.25, 0.3) is 0 Å². The Morgan fingerprint density at radius 1 is 1.24 bits per heavy atom. The molecule has 1 saturated carbocycles. The number of hydrogen-bond acceptors (Lipinski definition) is 3. The minimum absolute atomic E-state index is 0.0423. The molecule has 4 rings (SSSR count).